The molecule has 0 heterocycles. The van der Waals surface area contributed by atoms with Gasteiger partial charge in [-0.1, -0.05) is 200 Å². The minimum Gasteiger partial charge on any atom is -0.0622 e. The van der Waals surface area contributed by atoms with E-state index in [9.17, 15) is 0 Å². The summed E-state index contributed by atoms with van der Waals surface area (Å²) in [6, 6.07) is 79.7. The van der Waals surface area contributed by atoms with Gasteiger partial charge in [0.25, 0.3) is 0 Å². The molecule has 0 radical (unpaired) electrons. The third-order valence-electron chi connectivity index (χ3n) is 10.9. The quantitative estimate of drug-likeness (QED) is 0.153. The van der Waals surface area contributed by atoms with Crippen molar-refractivity contribution in [1.29, 1.82) is 0 Å². The largest absolute Gasteiger partial charge is 0.0622 e. The molecule has 0 unspecified atom stereocenters. The molecule has 10 rings (SSSR count). The molecule has 10 aromatic rings. The van der Waals surface area contributed by atoms with Crippen molar-refractivity contribution in [2.45, 2.75) is 0 Å². The maximum absolute atomic E-state index is 2.43. The lowest BCUT2D eigenvalue weighted by Crippen LogP contribution is -1.92. The van der Waals surface area contributed by atoms with Crippen LogP contribution in [0.25, 0.3) is 99.1 Å². The number of hydrogen-bond acceptors (Lipinski definition) is 0. The molecule has 0 aliphatic heterocycles. The molecule has 0 atom stereocenters. The normalized spacial score (nSPS) is 11.3. The maximum atomic E-state index is 2.43. The first-order valence-corrected chi connectivity index (χ1v) is 18.7. The summed E-state index contributed by atoms with van der Waals surface area (Å²) in [5.41, 5.74) is 14.8. The summed E-state index contributed by atoms with van der Waals surface area (Å²) in [5, 5.41) is 7.52. The van der Waals surface area contributed by atoms with Crippen molar-refractivity contribution in [3.63, 3.8) is 0 Å². The Labute approximate surface area is 316 Å². The molecule has 0 amide bonds. The van der Waals surface area contributed by atoms with Gasteiger partial charge in [-0.15, -0.1) is 0 Å². The van der Waals surface area contributed by atoms with Crippen molar-refractivity contribution in [3.8, 4) is 66.8 Å². The number of hydrogen-bond donors (Lipinski definition) is 0. The summed E-state index contributed by atoms with van der Waals surface area (Å²) in [6.07, 6.45) is 0. The summed E-state index contributed by atoms with van der Waals surface area (Å²) in [4.78, 5) is 0. The van der Waals surface area contributed by atoms with Gasteiger partial charge in [0.05, 0.1) is 0 Å². The Kier molecular flexibility index (Phi) is 7.93. The molecular weight excluding hydrogens is 649 g/mol. The summed E-state index contributed by atoms with van der Waals surface area (Å²) >= 11 is 0. The lowest BCUT2D eigenvalue weighted by molar-refractivity contribution is 1.57. The smallest absolute Gasteiger partial charge is 0.00261 e. The molecule has 0 N–H and O–H groups in total. The highest BCUT2D eigenvalue weighted by molar-refractivity contribution is 6.22. The molecule has 0 saturated carbocycles. The van der Waals surface area contributed by atoms with Gasteiger partial charge >= 0.3 is 0 Å². The first kappa shape index (κ1) is 31.7. The third kappa shape index (κ3) is 5.57. The predicted molar refractivity (Wildman–Crippen MR) is 232 cm³/mol. The summed E-state index contributed by atoms with van der Waals surface area (Å²) in [7, 11) is 0. The van der Waals surface area contributed by atoms with Gasteiger partial charge in [-0.25, -0.2) is 0 Å². The van der Waals surface area contributed by atoms with E-state index in [4.69, 9.17) is 0 Å². The zero-order valence-electron chi connectivity index (χ0n) is 29.8. The molecule has 0 spiro atoms. The monoisotopic (exact) mass is 684 g/mol. The van der Waals surface area contributed by atoms with Crippen molar-refractivity contribution in [2.24, 2.45) is 0 Å². The highest BCUT2D eigenvalue weighted by atomic mass is 14.2. The molecule has 0 aromatic heterocycles. The van der Waals surface area contributed by atoms with Gasteiger partial charge in [0.1, 0.15) is 0 Å². The average Bonchev–Trinajstić information content (AvgIpc) is 3.26. The minimum absolute atomic E-state index is 1.20. The van der Waals surface area contributed by atoms with E-state index in [-0.39, 0.29) is 0 Å². The maximum Gasteiger partial charge on any atom is -0.00261 e. The fourth-order valence-electron chi connectivity index (χ4n) is 8.34. The van der Waals surface area contributed by atoms with E-state index >= 15 is 0 Å². The van der Waals surface area contributed by atoms with E-state index in [0.29, 0.717) is 0 Å². The van der Waals surface area contributed by atoms with Gasteiger partial charge in [0.15, 0.2) is 0 Å². The molecule has 54 heavy (non-hydrogen) atoms. The van der Waals surface area contributed by atoms with E-state index < -0.39 is 0 Å². The van der Waals surface area contributed by atoms with Crippen molar-refractivity contribution in [1.82, 2.24) is 0 Å². The highest BCUT2D eigenvalue weighted by Crippen LogP contribution is 2.45. The second-order valence-corrected chi connectivity index (χ2v) is 14.0. The zero-order chi connectivity index (χ0) is 35.8. The Bertz CT molecular complexity index is 2880. The summed E-state index contributed by atoms with van der Waals surface area (Å²) < 4.78 is 0. The zero-order valence-corrected chi connectivity index (χ0v) is 29.8. The van der Waals surface area contributed by atoms with Crippen LogP contribution in [-0.4, -0.2) is 0 Å². The standard InChI is InChI=1S/C54H36/c1-4-16-37(17-5-1)44-34-42-32-33-43(54-49-26-14-12-24-47(49)53(41-20-8-3-9-21-41)48-25-13-15-27-50(48)54)35-52(42)51(36-44)40-30-28-39(29-31-40)46-23-11-10-22-45(46)38-18-6-2-7-19-38/h1-36H. The van der Waals surface area contributed by atoms with E-state index in [2.05, 4.69) is 218 Å². The molecule has 252 valence electrons. The minimum atomic E-state index is 1.20. The van der Waals surface area contributed by atoms with Crippen LogP contribution in [0, 0.1) is 0 Å². The highest BCUT2D eigenvalue weighted by Gasteiger charge is 2.18. The first-order chi connectivity index (χ1) is 26.8. The fourth-order valence-corrected chi connectivity index (χ4v) is 8.34. The molecule has 0 fully saturated rings. The second-order valence-electron chi connectivity index (χ2n) is 14.0. The number of benzene rings is 10. The lowest BCUT2D eigenvalue weighted by Gasteiger charge is -2.19. The second kappa shape index (κ2) is 13.5. The van der Waals surface area contributed by atoms with Gasteiger partial charge < -0.3 is 0 Å². The average molecular weight is 685 g/mol. The third-order valence-corrected chi connectivity index (χ3v) is 10.9. The first-order valence-electron chi connectivity index (χ1n) is 18.7. The topological polar surface area (TPSA) is 0 Å². The molecule has 0 heteroatoms. The van der Waals surface area contributed by atoms with Crippen LogP contribution >= 0.6 is 0 Å². The van der Waals surface area contributed by atoms with Crippen LogP contribution in [0.2, 0.25) is 0 Å². The molecule has 0 aliphatic rings. The van der Waals surface area contributed by atoms with Crippen LogP contribution in [-0.2, 0) is 0 Å². The molecule has 0 nitrogen and oxygen atoms in total. The van der Waals surface area contributed by atoms with Crippen LogP contribution in [0.1, 0.15) is 0 Å². The molecular formula is C54H36. The van der Waals surface area contributed by atoms with Crippen molar-refractivity contribution >= 4 is 32.3 Å². The molecule has 0 aliphatic carbocycles. The predicted octanol–water partition coefficient (Wildman–Crippen LogP) is 15.1. The summed E-state index contributed by atoms with van der Waals surface area (Å²) in [6.45, 7) is 0. The number of rotatable bonds is 6. The Morgan fingerprint density at radius 1 is 0.185 bits per heavy atom. The van der Waals surface area contributed by atoms with Gasteiger partial charge in [0.2, 0.25) is 0 Å². The molecule has 0 saturated heterocycles. The van der Waals surface area contributed by atoms with Crippen molar-refractivity contribution in [3.05, 3.63) is 218 Å². The number of fused-ring (bicyclic) bond motifs is 3. The van der Waals surface area contributed by atoms with Crippen LogP contribution in [0.4, 0.5) is 0 Å². The van der Waals surface area contributed by atoms with Crippen LogP contribution in [0.5, 0.6) is 0 Å². The molecule has 10 aromatic carbocycles. The van der Waals surface area contributed by atoms with Crippen LogP contribution in [0.3, 0.4) is 0 Å². The Morgan fingerprint density at radius 2 is 0.574 bits per heavy atom. The van der Waals surface area contributed by atoms with E-state index in [1.165, 1.54) is 99.1 Å². The summed E-state index contributed by atoms with van der Waals surface area (Å²) in [5.74, 6) is 0. The van der Waals surface area contributed by atoms with Gasteiger partial charge in [-0.3, -0.25) is 0 Å². The van der Waals surface area contributed by atoms with Crippen molar-refractivity contribution in [2.75, 3.05) is 0 Å². The van der Waals surface area contributed by atoms with E-state index in [0.717, 1.165) is 0 Å². The fraction of sp³-hybridized carbons (Fsp3) is 0. The van der Waals surface area contributed by atoms with E-state index in [1.54, 1.807) is 0 Å². The Morgan fingerprint density at radius 3 is 1.11 bits per heavy atom. The van der Waals surface area contributed by atoms with E-state index in [1.807, 2.05) is 0 Å². The Hall–Kier alpha value is -7.02. The van der Waals surface area contributed by atoms with Gasteiger partial charge in [-0.2, -0.15) is 0 Å². The SMILES string of the molecule is c1ccc(-c2cc(-c3ccc(-c4ccccc4-c4ccccc4)cc3)c3cc(-c4c5ccccc5c(-c5ccccc5)c5ccccc45)ccc3c2)cc1. The Balaban J connectivity index is 1.18. The van der Waals surface area contributed by atoms with Crippen molar-refractivity contribution < 1.29 is 0 Å². The van der Waals surface area contributed by atoms with Crippen LogP contribution < -0.4 is 0 Å². The molecule has 0 bridgehead atoms. The van der Waals surface area contributed by atoms with Gasteiger partial charge in [-0.05, 0) is 117 Å². The lowest BCUT2D eigenvalue weighted by atomic mass is 9.84. The van der Waals surface area contributed by atoms with Crippen LogP contribution in [0.15, 0.2) is 218 Å². The van der Waals surface area contributed by atoms with Gasteiger partial charge in [0, 0.05) is 0 Å².